The average Bonchev–Trinajstić information content (AvgIpc) is 2.66. The third-order valence-electron chi connectivity index (χ3n) is 3.01. The first-order valence-corrected chi connectivity index (χ1v) is 6.42. The Kier molecular flexibility index (Phi) is 3.87. The topological polar surface area (TPSA) is 21.3 Å². The molecule has 0 saturated carbocycles. The Hall–Kier alpha value is -0.750. The van der Waals surface area contributed by atoms with Crippen LogP contribution in [-0.4, -0.2) is 18.8 Å². The molecule has 1 aromatic carbocycles. The highest BCUT2D eigenvalue weighted by molar-refractivity contribution is 9.10. The fourth-order valence-corrected chi connectivity index (χ4v) is 2.42. The van der Waals surface area contributed by atoms with Crippen LogP contribution in [0, 0.1) is 0 Å². The van der Waals surface area contributed by atoms with Gasteiger partial charge in [0.25, 0.3) is 0 Å². The van der Waals surface area contributed by atoms with Crippen LogP contribution in [0.5, 0.6) is 0 Å². The van der Waals surface area contributed by atoms with Gasteiger partial charge < -0.3 is 10.1 Å². The Labute approximate surface area is 112 Å². The van der Waals surface area contributed by atoms with Gasteiger partial charge in [-0.1, -0.05) is 0 Å². The molecule has 0 radical (unpaired) electrons. The SMILES string of the molecule is CC1OCCC1Nc1ccc(C(F)(F)F)cc1Br. The molecule has 2 atom stereocenters. The van der Waals surface area contributed by atoms with E-state index >= 15 is 0 Å². The highest BCUT2D eigenvalue weighted by Crippen LogP contribution is 2.34. The number of alkyl halides is 3. The first-order chi connectivity index (χ1) is 8.38. The summed E-state index contributed by atoms with van der Waals surface area (Å²) < 4.78 is 43.3. The molecule has 2 unspecified atom stereocenters. The standard InChI is InChI=1S/C12H13BrF3NO/c1-7-10(4-5-18-7)17-11-3-2-8(6-9(11)13)12(14,15)16/h2-3,6-7,10,17H,4-5H2,1H3. The van der Waals surface area contributed by atoms with Crippen molar-refractivity contribution in [2.75, 3.05) is 11.9 Å². The highest BCUT2D eigenvalue weighted by Gasteiger charge is 2.31. The number of anilines is 1. The molecule has 0 amide bonds. The van der Waals surface area contributed by atoms with Crippen molar-refractivity contribution in [1.29, 1.82) is 0 Å². The molecule has 2 rings (SSSR count). The van der Waals surface area contributed by atoms with E-state index in [1.54, 1.807) is 0 Å². The van der Waals surface area contributed by atoms with E-state index in [4.69, 9.17) is 4.74 Å². The molecule has 1 saturated heterocycles. The molecule has 1 aliphatic rings. The lowest BCUT2D eigenvalue weighted by Gasteiger charge is -2.19. The summed E-state index contributed by atoms with van der Waals surface area (Å²) in [4.78, 5) is 0. The zero-order valence-electron chi connectivity index (χ0n) is 9.72. The van der Waals surface area contributed by atoms with Crippen molar-refractivity contribution in [3.8, 4) is 0 Å². The number of ether oxygens (including phenoxy) is 1. The Balaban J connectivity index is 2.15. The summed E-state index contributed by atoms with van der Waals surface area (Å²) in [5, 5.41) is 3.20. The molecule has 1 heterocycles. The van der Waals surface area contributed by atoms with Crippen molar-refractivity contribution in [3.05, 3.63) is 28.2 Å². The van der Waals surface area contributed by atoms with Gasteiger partial charge in [-0.15, -0.1) is 0 Å². The summed E-state index contributed by atoms with van der Waals surface area (Å²) in [6.45, 7) is 2.62. The third-order valence-corrected chi connectivity index (χ3v) is 3.67. The average molecular weight is 324 g/mol. The van der Waals surface area contributed by atoms with Crippen LogP contribution in [0.1, 0.15) is 18.9 Å². The van der Waals surface area contributed by atoms with Crippen molar-refractivity contribution >= 4 is 21.6 Å². The maximum Gasteiger partial charge on any atom is 0.416 e. The first-order valence-electron chi connectivity index (χ1n) is 5.63. The van der Waals surface area contributed by atoms with Crippen LogP contribution in [0.4, 0.5) is 18.9 Å². The fourth-order valence-electron chi connectivity index (χ4n) is 1.93. The van der Waals surface area contributed by atoms with Crippen LogP contribution in [-0.2, 0) is 10.9 Å². The number of hydrogen-bond acceptors (Lipinski definition) is 2. The zero-order chi connectivity index (χ0) is 13.3. The fraction of sp³-hybridized carbons (Fsp3) is 0.500. The molecule has 100 valence electrons. The molecule has 0 spiro atoms. The number of hydrogen-bond donors (Lipinski definition) is 1. The van der Waals surface area contributed by atoms with Gasteiger partial charge in [0.1, 0.15) is 0 Å². The molecule has 0 aliphatic carbocycles. The summed E-state index contributed by atoms with van der Waals surface area (Å²) in [6.07, 6.45) is -3.39. The van der Waals surface area contributed by atoms with Gasteiger partial charge in [0.05, 0.1) is 17.7 Å². The monoisotopic (exact) mass is 323 g/mol. The lowest BCUT2D eigenvalue weighted by atomic mass is 10.1. The van der Waals surface area contributed by atoms with Gasteiger partial charge in [0.15, 0.2) is 0 Å². The van der Waals surface area contributed by atoms with Gasteiger partial charge in [-0.05, 0) is 47.5 Å². The molecule has 0 aromatic heterocycles. The van der Waals surface area contributed by atoms with Gasteiger partial charge in [0.2, 0.25) is 0 Å². The van der Waals surface area contributed by atoms with E-state index in [0.717, 1.165) is 18.6 Å². The first kappa shape index (κ1) is 13.7. The molecule has 18 heavy (non-hydrogen) atoms. The van der Waals surface area contributed by atoms with E-state index in [1.165, 1.54) is 6.07 Å². The molecule has 6 heteroatoms. The van der Waals surface area contributed by atoms with Crippen molar-refractivity contribution < 1.29 is 17.9 Å². The predicted octanol–water partition coefficient (Wildman–Crippen LogP) is 4.06. The van der Waals surface area contributed by atoms with Gasteiger partial charge in [-0.3, -0.25) is 0 Å². The molecule has 1 aliphatic heterocycles. The summed E-state index contributed by atoms with van der Waals surface area (Å²) >= 11 is 3.16. The van der Waals surface area contributed by atoms with E-state index in [9.17, 15) is 13.2 Å². The Morgan fingerprint density at radius 1 is 1.39 bits per heavy atom. The van der Waals surface area contributed by atoms with E-state index in [2.05, 4.69) is 21.2 Å². The summed E-state index contributed by atoms with van der Waals surface area (Å²) in [5.74, 6) is 0. The summed E-state index contributed by atoms with van der Waals surface area (Å²) in [7, 11) is 0. The van der Waals surface area contributed by atoms with Crippen molar-refractivity contribution in [2.24, 2.45) is 0 Å². The molecule has 0 bridgehead atoms. The highest BCUT2D eigenvalue weighted by atomic mass is 79.9. The molecular weight excluding hydrogens is 311 g/mol. The lowest BCUT2D eigenvalue weighted by molar-refractivity contribution is -0.137. The third kappa shape index (κ3) is 2.98. The minimum Gasteiger partial charge on any atom is -0.379 e. The number of benzene rings is 1. The van der Waals surface area contributed by atoms with Crippen LogP contribution in [0.25, 0.3) is 0 Å². The Bertz CT molecular complexity index is 436. The van der Waals surface area contributed by atoms with E-state index < -0.39 is 11.7 Å². The van der Waals surface area contributed by atoms with Crippen LogP contribution in [0.15, 0.2) is 22.7 Å². The maximum atomic E-state index is 12.5. The van der Waals surface area contributed by atoms with E-state index in [1.807, 2.05) is 6.92 Å². The second-order valence-electron chi connectivity index (χ2n) is 4.31. The Morgan fingerprint density at radius 2 is 2.11 bits per heavy atom. The summed E-state index contributed by atoms with van der Waals surface area (Å²) in [5.41, 5.74) is 0.000922. The number of nitrogens with one attached hydrogen (secondary N) is 1. The zero-order valence-corrected chi connectivity index (χ0v) is 11.3. The molecule has 1 aromatic rings. The lowest BCUT2D eigenvalue weighted by Crippen LogP contribution is -2.26. The van der Waals surface area contributed by atoms with Gasteiger partial charge >= 0.3 is 6.18 Å². The van der Waals surface area contributed by atoms with E-state index in [-0.39, 0.29) is 12.1 Å². The molecular formula is C12H13BrF3NO. The van der Waals surface area contributed by atoms with Crippen LogP contribution < -0.4 is 5.32 Å². The van der Waals surface area contributed by atoms with Crippen LogP contribution in [0.3, 0.4) is 0 Å². The quantitative estimate of drug-likeness (QED) is 0.886. The second-order valence-corrected chi connectivity index (χ2v) is 5.16. The largest absolute Gasteiger partial charge is 0.416 e. The second kappa shape index (κ2) is 5.09. The maximum absolute atomic E-state index is 12.5. The molecule has 1 N–H and O–H groups in total. The smallest absolute Gasteiger partial charge is 0.379 e. The van der Waals surface area contributed by atoms with Crippen molar-refractivity contribution in [2.45, 2.75) is 31.7 Å². The number of rotatable bonds is 2. The minimum atomic E-state index is -4.31. The van der Waals surface area contributed by atoms with Gasteiger partial charge in [-0.25, -0.2) is 0 Å². The normalized spacial score (nSPS) is 24.3. The molecule has 2 nitrogen and oxygen atoms in total. The van der Waals surface area contributed by atoms with Crippen LogP contribution >= 0.6 is 15.9 Å². The number of halogens is 4. The summed E-state index contributed by atoms with van der Waals surface area (Å²) in [6, 6.07) is 3.74. The Morgan fingerprint density at radius 3 is 2.61 bits per heavy atom. The van der Waals surface area contributed by atoms with Gasteiger partial charge in [-0.2, -0.15) is 13.2 Å². The van der Waals surface area contributed by atoms with Crippen molar-refractivity contribution in [1.82, 2.24) is 0 Å². The molecule has 1 fully saturated rings. The van der Waals surface area contributed by atoms with Gasteiger partial charge in [0, 0.05) is 16.8 Å². The minimum absolute atomic E-state index is 0.0687. The van der Waals surface area contributed by atoms with Crippen LogP contribution in [0.2, 0.25) is 0 Å². The van der Waals surface area contributed by atoms with Crippen molar-refractivity contribution in [3.63, 3.8) is 0 Å². The predicted molar refractivity (Wildman–Crippen MR) is 66.6 cm³/mol. The van der Waals surface area contributed by atoms with E-state index in [0.29, 0.717) is 16.8 Å².